The average molecular weight is 254 g/mol. The van der Waals surface area contributed by atoms with Crippen molar-refractivity contribution in [2.75, 3.05) is 6.61 Å². The van der Waals surface area contributed by atoms with Crippen molar-refractivity contribution in [2.24, 2.45) is 5.84 Å². The first-order valence-corrected chi connectivity index (χ1v) is 5.37. The molecule has 0 aliphatic heterocycles. The summed E-state index contributed by atoms with van der Waals surface area (Å²) in [5, 5.41) is 9.34. The first-order valence-electron chi connectivity index (χ1n) is 4.99. The number of amides is 1. The molecule has 17 heavy (non-hydrogen) atoms. The Morgan fingerprint density at radius 3 is 3.00 bits per heavy atom. The van der Waals surface area contributed by atoms with Crippen LogP contribution in [0.1, 0.15) is 18.4 Å². The SMILES string of the molecule is N#Cc1ccc(Cl)cc1OCCCC(=O)NN. The van der Waals surface area contributed by atoms with Crippen LogP contribution in [0.2, 0.25) is 5.02 Å². The van der Waals surface area contributed by atoms with Crippen molar-refractivity contribution < 1.29 is 9.53 Å². The summed E-state index contributed by atoms with van der Waals surface area (Å²) in [7, 11) is 0. The van der Waals surface area contributed by atoms with E-state index in [2.05, 4.69) is 0 Å². The van der Waals surface area contributed by atoms with E-state index >= 15 is 0 Å². The number of halogens is 1. The summed E-state index contributed by atoms with van der Waals surface area (Å²) in [6.45, 7) is 0.322. The smallest absolute Gasteiger partial charge is 0.234 e. The second-order valence-electron chi connectivity index (χ2n) is 3.27. The van der Waals surface area contributed by atoms with Gasteiger partial charge >= 0.3 is 0 Å². The lowest BCUT2D eigenvalue weighted by molar-refractivity contribution is -0.121. The maximum atomic E-state index is 10.8. The molecule has 3 N–H and O–H groups in total. The summed E-state index contributed by atoms with van der Waals surface area (Å²) in [5.74, 6) is 5.10. The Labute approximate surface area is 104 Å². The Morgan fingerprint density at radius 2 is 2.35 bits per heavy atom. The highest BCUT2D eigenvalue weighted by molar-refractivity contribution is 6.30. The van der Waals surface area contributed by atoms with Gasteiger partial charge in [-0.3, -0.25) is 10.2 Å². The largest absolute Gasteiger partial charge is 0.492 e. The molecule has 0 heterocycles. The van der Waals surface area contributed by atoms with Gasteiger partial charge in [0, 0.05) is 17.5 Å². The molecule has 0 fully saturated rings. The van der Waals surface area contributed by atoms with Crippen molar-refractivity contribution in [1.82, 2.24) is 5.43 Å². The number of benzene rings is 1. The van der Waals surface area contributed by atoms with E-state index in [-0.39, 0.29) is 12.3 Å². The van der Waals surface area contributed by atoms with E-state index in [1.165, 1.54) is 0 Å². The van der Waals surface area contributed by atoms with Crippen LogP contribution in [0.3, 0.4) is 0 Å². The van der Waals surface area contributed by atoms with E-state index in [9.17, 15) is 4.79 Å². The van der Waals surface area contributed by atoms with Gasteiger partial charge in [0.1, 0.15) is 11.8 Å². The summed E-state index contributed by atoms with van der Waals surface area (Å²) >= 11 is 5.79. The molecule has 0 spiro atoms. The van der Waals surface area contributed by atoms with Crippen LogP contribution < -0.4 is 16.0 Å². The number of carbonyl (C=O) groups is 1. The Balaban J connectivity index is 2.49. The Hall–Kier alpha value is -1.77. The molecule has 1 amide bonds. The first kappa shape index (κ1) is 13.3. The first-order chi connectivity index (χ1) is 8.17. The molecule has 0 unspecified atom stereocenters. The normalized spacial score (nSPS) is 9.47. The second-order valence-corrected chi connectivity index (χ2v) is 3.71. The Morgan fingerprint density at radius 1 is 1.59 bits per heavy atom. The van der Waals surface area contributed by atoms with Crippen LogP contribution in [0.15, 0.2) is 18.2 Å². The molecule has 0 bridgehead atoms. The van der Waals surface area contributed by atoms with Crippen LogP contribution in [0.25, 0.3) is 0 Å². The number of hydrogen-bond acceptors (Lipinski definition) is 4. The molecular formula is C11H12ClN3O2. The van der Waals surface area contributed by atoms with Gasteiger partial charge in [0.05, 0.1) is 12.2 Å². The van der Waals surface area contributed by atoms with Crippen molar-refractivity contribution in [3.05, 3.63) is 28.8 Å². The van der Waals surface area contributed by atoms with Crippen LogP contribution in [0.4, 0.5) is 0 Å². The molecule has 0 atom stereocenters. The van der Waals surface area contributed by atoms with Crippen LogP contribution >= 0.6 is 11.6 Å². The van der Waals surface area contributed by atoms with Gasteiger partial charge in [-0.1, -0.05) is 11.6 Å². The zero-order chi connectivity index (χ0) is 12.7. The summed E-state index contributed by atoms with van der Waals surface area (Å²) < 4.78 is 5.38. The number of nitriles is 1. The van der Waals surface area contributed by atoms with Crippen LogP contribution in [-0.2, 0) is 4.79 Å². The fourth-order valence-electron chi connectivity index (χ4n) is 1.19. The number of rotatable bonds is 5. The zero-order valence-corrected chi connectivity index (χ0v) is 9.83. The number of nitrogens with two attached hydrogens (primary N) is 1. The number of hydrazine groups is 1. The molecule has 0 aliphatic carbocycles. The van der Waals surface area contributed by atoms with Crippen LogP contribution in [0.5, 0.6) is 5.75 Å². The lowest BCUT2D eigenvalue weighted by Crippen LogP contribution is -2.29. The predicted molar refractivity (Wildman–Crippen MR) is 63.2 cm³/mol. The van der Waals surface area contributed by atoms with Crippen LogP contribution in [0, 0.1) is 11.3 Å². The molecule has 1 aromatic rings. The third kappa shape index (κ3) is 4.31. The summed E-state index contributed by atoms with van der Waals surface area (Å²) in [6.07, 6.45) is 0.791. The molecule has 0 aliphatic rings. The predicted octanol–water partition coefficient (Wildman–Crippen LogP) is 1.36. The van der Waals surface area contributed by atoms with Gasteiger partial charge in [-0.05, 0) is 18.6 Å². The quantitative estimate of drug-likeness (QED) is 0.359. The van der Waals surface area contributed by atoms with Gasteiger partial charge < -0.3 is 4.74 Å². The van der Waals surface area contributed by atoms with Crippen molar-refractivity contribution >= 4 is 17.5 Å². The number of nitrogens with one attached hydrogen (secondary N) is 1. The van der Waals surface area contributed by atoms with E-state index in [4.69, 9.17) is 27.4 Å². The third-order valence-electron chi connectivity index (χ3n) is 2.03. The van der Waals surface area contributed by atoms with E-state index in [1.54, 1.807) is 18.2 Å². The molecule has 1 rings (SSSR count). The minimum atomic E-state index is -0.250. The van der Waals surface area contributed by atoms with E-state index in [0.29, 0.717) is 29.4 Å². The highest BCUT2D eigenvalue weighted by atomic mass is 35.5. The topological polar surface area (TPSA) is 88.1 Å². The highest BCUT2D eigenvalue weighted by Crippen LogP contribution is 2.22. The van der Waals surface area contributed by atoms with Gasteiger partial charge in [-0.25, -0.2) is 5.84 Å². The molecule has 0 aromatic heterocycles. The molecular weight excluding hydrogens is 242 g/mol. The molecule has 1 aromatic carbocycles. The maximum absolute atomic E-state index is 10.8. The number of carbonyl (C=O) groups excluding carboxylic acids is 1. The summed E-state index contributed by atoms with van der Waals surface area (Å²) in [5.41, 5.74) is 2.44. The van der Waals surface area contributed by atoms with Crippen LogP contribution in [-0.4, -0.2) is 12.5 Å². The second kappa shape index (κ2) is 6.74. The lowest BCUT2D eigenvalue weighted by Gasteiger charge is -2.07. The monoisotopic (exact) mass is 253 g/mol. The van der Waals surface area contributed by atoms with Crippen molar-refractivity contribution in [1.29, 1.82) is 5.26 Å². The molecule has 0 radical (unpaired) electrons. The molecule has 0 saturated heterocycles. The minimum Gasteiger partial charge on any atom is -0.492 e. The fraction of sp³-hybridized carbons (Fsp3) is 0.273. The highest BCUT2D eigenvalue weighted by Gasteiger charge is 2.04. The minimum absolute atomic E-state index is 0.250. The standard InChI is InChI=1S/C11H12ClN3O2/c12-9-4-3-8(7-13)10(6-9)17-5-1-2-11(16)15-14/h3-4,6H,1-2,5,14H2,(H,15,16). The van der Waals surface area contributed by atoms with E-state index < -0.39 is 0 Å². The maximum Gasteiger partial charge on any atom is 0.234 e. The number of ether oxygens (including phenoxy) is 1. The Kier molecular flexibility index (Phi) is 5.27. The van der Waals surface area contributed by atoms with Crippen molar-refractivity contribution in [2.45, 2.75) is 12.8 Å². The zero-order valence-electron chi connectivity index (χ0n) is 9.07. The van der Waals surface area contributed by atoms with Gasteiger partial charge in [-0.2, -0.15) is 5.26 Å². The molecule has 5 nitrogen and oxygen atoms in total. The van der Waals surface area contributed by atoms with E-state index in [0.717, 1.165) is 0 Å². The van der Waals surface area contributed by atoms with Gasteiger partial charge in [0.15, 0.2) is 0 Å². The molecule has 0 saturated carbocycles. The van der Waals surface area contributed by atoms with Gasteiger partial charge in [-0.15, -0.1) is 0 Å². The van der Waals surface area contributed by atoms with Gasteiger partial charge in [0.2, 0.25) is 5.91 Å². The molecule has 90 valence electrons. The number of nitrogens with zero attached hydrogens (tertiary/aromatic N) is 1. The van der Waals surface area contributed by atoms with Crippen molar-refractivity contribution in [3.63, 3.8) is 0 Å². The number of hydrogen-bond donors (Lipinski definition) is 2. The van der Waals surface area contributed by atoms with Crippen molar-refractivity contribution in [3.8, 4) is 11.8 Å². The molecule has 6 heteroatoms. The summed E-state index contributed by atoms with van der Waals surface area (Å²) in [4.78, 5) is 10.8. The third-order valence-corrected chi connectivity index (χ3v) is 2.27. The average Bonchev–Trinajstić information content (AvgIpc) is 2.34. The Bertz CT molecular complexity index is 443. The van der Waals surface area contributed by atoms with Gasteiger partial charge in [0.25, 0.3) is 0 Å². The fourth-order valence-corrected chi connectivity index (χ4v) is 1.36. The summed E-state index contributed by atoms with van der Waals surface area (Å²) in [6, 6.07) is 6.78. The lowest BCUT2D eigenvalue weighted by atomic mass is 10.2. The van der Waals surface area contributed by atoms with E-state index in [1.807, 2.05) is 11.5 Å².